The number of hydrogen-bond acceptors (Lipinski definition) is 5. The molecule has 0 saturated carbocycles. The average Bonchev–Trinajstić information content (AvgIpc) is 3.21. The Morgan fingerprint density at radius 3 is 2.86 bits per heavy atom. The summed E-state index contributed by atoms with van der Waals surface area (Å²) in [5.74, 6) is 0.886. The third kappa shape index (κ3) is 3.21. The number of rotatable bonds is 5. The third-order valence-corrected chi connectivity index (χ3v) is 5.60. The highest BCUT2D eigenvalue weighted by molar-refractivity contribution is 5.90. The zero-order valence-corrected chi connectivity index (χ0v) is 16.1. The Kier molecular flexibility index (Phi) is 4.99. The van der Waals surface area contributed by atoms with Crippen LogP contribution in [-0.2, 0) is 4.74 Å². The molecule has 0 aromatic heterocycles. The monoisotopic (exact) mass is 379 g/mol. The largest absolute Gasteiger partial charge is 0.504 e. The second kappa shape index (κ2) is 7.58. The van der Waals surface area contributed by atoms with Crippen molar-refractivity contribution in [1.29, 1.82) is 0 Å². The Hall–Kier alpha value is -2.95. The van der Waals surface area contributed by atoms with Crippen LogP contribution in [0.3, 0.4) is 0 Å². The van der Waals surface area contributed by atoms with Crippen LogP contribution in [0.2, 0.25) is 0 Å². The van der Waals surface area contributed by atoms with Crippen molar-refractivity contribution in [2.45, 2.75) is 31.7 Å². The van der Waals surface area contributed by atoms with Crippen molar-refractivity contribution in [3.8, 4) is 11.5 Å². The molecule has 1 aliphatic carbocycles. The lowest BCUT2D eigenvalue weighted by Crippen LogP contribution is -2.29. The molecule has 2 aromatic rings. The quantitative estimate of drug-likeness (QED) is 0.577. The third-order valence-electron chi connectivity index (χ3n) is 5.60. The number of phenols is 1. The van der Waals surface area contributed by atoms with Crippen molar-refractivity contribution in [3.05, 3.63) is 65.2 Å². The zero-order chi connectivity index (χ0) is 19.7. The van der Waals surface area contributed by atoms with Gasteiger partial charge in [0.2, 0.25) is 0 Å². The van der Waals surface area contributed by atoms with Gasteiger partial charge in [0.15, 0.2) is 11.5 Å². The molecule has 3 unspecified atom stereocenters. The van der Waals surface area contributed by atoms with Gasteiger partial charge in [0, 0.05) is 11.6 Å². The summed E-state index contributed by atoms with van der Waals surface area (Å²) in [5, 5.41) is 13.8. The van der Waals surface area contributed by atoms with Gasteiger partial charge in [-0.3, -0.25) is 0 Å². The molecule has 0 amide bonds. The number of benzene rings is 2. The summed E-state index contributed by atoms with van der Waals surface area (Å²) in [6.45, 7) is 2.41. The van der Waals surface area contributed by atoms with Crippen LogP contribution < -0.4 is 10.1 Å². The molecule has 4 rings (SSSR count). The van der Waals surface area contributed by atoms with E-state index in [4.69, 9.17) is 9.47 Å². The lowest BCUT2D eigenvalue weighted by Gasteiger charge is -2.37. The van der Waals surface area contributed by atoms with Crippen LogP contribution in [-0.4, -0.2) is 24.8 Å². The summed E-state index contributed by atoms with van der Waals surface area (Å²) < 4.78 is 10.5. The Bertz CT molecular complexity index is 921. The maximum Gasteiger partial charge on any atom is 0.338 e. The molecule has 28 heavy (non-hydrogen) atoms. The molecule has 2 N–H and O–H groups in total. The Morgan fingerprint density at radius 1 is 1.25 bits per heavy atom. The van der Waals surface area contributed by atoms with E-state index in [0.717, 1.165) is 29.7 Å². The lowest BCUT2D eigenvalue weighted by molar-refractivity contribution is 0.0505. The minimum atomic E-state index is -0.273. The van der Waals surface area contributed by atoms with Crippen LogP contribution in [0.5, 0.6) is 11.5 Å². The summed E-state index contributed by atoms with van der Waals surface area (Å²) >= 11 is 0. The minimum Gasteiger partial charge on any atom is -0.504 e. The molecule has 0 spiro atoms. The summed E-state index contributed by atoms with van der Waals surface area (Å²) in [4.78, 5) is 12.3. The topological polar surface area (TPSA) is 67.8 Å². The number of carbonyl (C=O) groups is 1. The minimum absolute atomic E-state index is 0.0715. The molecule has 1 heterocycles. The van der Waals surface area contributed by atoms with Crippen molar-refractivity contribution in [2.75, 3.05) is 19.0 Å². The molecule has 5 heteroatoms. The second-order valence-electron chi connectivity index (χ2n) is 7.34. The molecule has 5 nitrogen and oxygen atoms in total. The molecule has 0 fully saturated rings. The summed E-state index contributed by atoms with van der Waals surface area (Å²) in [6, 6.07) is 11.4. The lowest BCUT2D eigenvalue weighted by atomic mass is 9.76. The molecule has 146 valence electrons. The van der Waals surface area contributed by atoms with Crippen LogP contribution in [0.15, 0.2) is 48.6 Å². The van der Waals surface area contributed by atoms with Gasteiger partial charge in [-0.05, 0) is 60.2 Å². The van der Waals surface area contributed by atoms with Gasteiger partial charge in [0.05, 0.1) is 25.3 Å². The van der Waals surface area contributed by atoms with E-state index in [9.17, 15) is 9.90 Å². The van der Waals surface area contributed by atoms with E-state index >= 15 is 0 Å². The van der Waals surface area contributed by atoms with E-state index in [0.29, 0.717) is 23.8 Å². The van der Waals surface area contributed by atoms with Crippen molar-refractivity contribution in [1.82, 2.24) is 0 Å². The van der Waals surface area contributed by atoms with E-state index in [2.05, 4.69) is 17.5 Å². The maximum absolute atomic E-state index is 12.3. The number of allylic oxidation sites excluding steroid dienone is 2. The Labute approximate surface area is 165 Å². The Balaban J connectivity index is 1.66. The first-order valence-electron chi connectivity index (χ1n) is 9.73. The number of nitrogens with one attached hydrogen (secondary N) is 1. The number of carbonyl (C=O) groups excluding carboxylic acids is 1. The van der Waals surface area contributed by atoms with E-state index in [1.807, 2.05) is 31.2 Å². The van der Waals surface area contributed by atoms with E-state index < -0.39 is 0 Å². The number of hydrogen-bond donors (Lipinski definition) is 2. The smallest absolute Gasteiger partial charge is 0.338 e. The fraction of sp³-hybridized carbons (Fsp3) is 0.348. The highest BCUT2D eigenvalue weighted by Gasteiger charge is 2.38. The van der Waals surface area contributed by atoms with Gasteiger partial charge in [0.1, 0.15) is 0 Å². The number of ether oxygens (including phenoxy) is 2. The summed E-state index contributed by atoms with van der Waals surface area (Å²) in [6.07, 6.45) is 6.17. The summed E-state index contributed by atoms with van der Waals surface area (Å²) in [5.41, 5.74) is 3.75. The fourth-order valence-corrected chi connectivity index (χ4v) is 4.23. The Morgan fingerprint density at radius 2 is 2.11 bits per heavy atom. The van der Waals surface area contributed by atoms with Crippen molar-refractivity contribution in [2.24, 2.45) is 5.92 Å². The number of methoxy groups -OCH3 is 1. The molecule has 3 atom stereocenters. The van der Waals surface area contributed by atoms with Crippen molar-refractivity contribution in [3.63, 3.8) is 0 Å². The van der Waals surface area contributed by atoms with Crippen LogP contribution in [0.4, 0.5) is 5.69 Å². The molecular weight excluding hydrogens is 354 g/mol. The first-order chi connectivity index (χ1) is 13.6. The molecule has 0 bridgehead atoms. The fourth-order valence-electron chi connectivity index (χ4n) is 4.23. The highest BCUT2D eigenvalue weighted by Crippen LogP contribution is 2.50. The van der Waals surface area contributed by atoms with Crippen LogP contribution >= 0.6 is 0 Å². The normalized spacial score (nSPS) is 22.1. The van der Waals surface area contributed by atoms with Gasteiger partial charge < -0.3 is 19.9 Å². The van der Waals surface area contributed by atoms with Crippen LogP contribution in [0.1, 0.15) is 53.2 Å². The number of aromatic hydroxyl groups is 1. The molecular formula is C23H25NO4. The van der Waals surface area contributed by atoms with Crippen molar-refractivity contribution >= 4 is 11.7 Å². The first-order valence-corrected chi connectivity index (χ1v) is 9.73. The standard InChI is InChI=1S/C23H25NO4/c1-3-11-28-23(26)15-7-9-19-18(12-15)16-5-4-6-17(16)22(24-19)14-8-10-21(27-2)20(25)13-14/h4-5,7-10,12-13,16-17,22,24-25H,3,6,11H2,1-2H3. The average molecular weight is 379 g/mol. The van der Waals surface area contributed by atoms with Crippen LogP contribution in [0, 0.1) is 5.92 Å². The summed E-state index contributed by atoms with van der Waals surface area (Å²) in [7, 11) is 1.55. The van der Waals surface area contributed by atoms with Gasteiger partial charge in [-0.1, -0.05) is 25.1 Å². The van der Waals surface area contributed by atoms with E-state index in [1.165, 1.54) is 0 Å². The number of phenolic OH excluding ortho intramolecular Hbond substituents is 1. The van der Waals surface area contributed by atoms with Crippen LogP contribution in [0.25, 0.3) is 0 Å². The predicted octanol–water partition coefficient (Wildman–Crippen LogP) is 4.79. The van der Waals surface area contributed by atoms with Gasteiger partial charge in [-0.15, -0.1) is 0 Å². The molecule has 1 aliphatic heterocycles. The number of esters is 1. The zero-order valence-electron chi connectivity index (χ0n) is 16.1. The molecule has 0 radical (unpaired) electrons. The second-order valence-corrected chi connectivity index (χ2v) is 7.34. The van der Waals surface area contributed by atoms with Crippen molar-refractivity contribution < 1.29 is 19.4 Å². The molecule has 2 aliphatic rings. The first kappa shape index (κ1) is 18.4. The van der Waals surface area contributed by atoms with E-state index in [1.54, 1.807) is 19.2 Å². The SMILES string of the molecule is CCCOC(=O)c1ccc2c(c1)C1C=CCC1C(c1ccc(OC)c(O)c1)N2. The van der Waals surface area contributed by atoms with Gasteiger partial charge >= 0.3 is 5.97 Å². The highest BCUT2D eigenvalue weighted by atomic mass is 16.5. The van der Waals surface area contributed by atoms with Gasteiger partial charge in [-0.25, -0.2) is 4.79 Å². The van der Waals surface area contributed by atoms with E-state index in [-0.39, 0.29) is 23.7 Å². The molecule has 0 saturated heterocycles. The maximum atomic E-state index is 12.3. The van der Waals surface area contributed by atoms with Gasteiger partial charge in [0.25, 0.3) is 0 Å². The number of fused-ring (bicyclic) bond motifs is 3. The molecule has 2 aromatic carbocycles. The van der Waals surface area contributed by atoms with Gasteiger partial charge in [-0.2, -0.15) is 0 Å². The predicted molar refractivity (Wildman–Crippen MR) is 108 cm³/mol. The number of anilines is 1.